The summed E-state index contributed by atoms with van der Waals surface area (Å²) in [4.78, 5) is 8.66. The monoisotopic (exact) mass is 319 g/mol. The number of hydrogen-bond donors (Lipinski definition) is 1. The van der Waals surface area contributed by atoms with Gasteiger partial charge in [-0.2, -0.15) is 0 Å². The maximum absolute atomic E-state index is 6.28. The Morgan fingerprint density at radius 1 is 1.33 bits per heavy atom. The fraction of sp³-hybridized carbons (Fsp3) is 0.438. The van der Waals surface area contributed by atoms with Crippen molar-refractivity contribution in [3.05, 3.63) is 44.7 Å². The fourth-order valence-corrected chi connectivity index (χ4v) is 3.81. The third kappa shape index (κ3) is 2.93. The van der Waals surface area contributed by atoms with Gasteiger partial charge in [0.1, 0.15) is 5.82 Å². The first-order valence-corrected chi connectivity index (χ1v) is 8.74. The number of nitrogens with zero attached hydrogens (tertiary/aromatic N) is 2. The van der Waals surface area contributed by atoms with E-state index in [4.69, 9.17) is 16.6 Å². The van der Waals surface area contributed by atoms with E-state index < -0.39 is 0 Å². The predicted octanol–water partition coefficient (Wildman–Crippen LogP) is 3.61. The first-order valence-electron chi connectivity index (χ1n) is 7.48. The van der Waals surface area contributed by atoms with Crippen LogP contribution in [0.15, 0.2) is 23.6 Å². The molecule has 1 aliphatic heterocycles. The van der Waals surface area contributed by atoms with Crippen molar-refractivity contribution in [2.45, 2.75) is 38.4 Å². The number of thiophene rings is 1. The van der Waals surface area contributed by atoms with Gasteiger partial charge in [0.2, 0.25) is 0 Å². The molecule has 0 aromatic carbocycles. The summed E-state index contributed by atoms with van der Waals surface area (Å²) in [7, 11) is 0. The van der Waals surface area contributed by atoms with Crippen molar-refractivity contribution in [1.82, 2.24) is 10.3 Å². The van der Waals surface area contributed by atoms with Gasteiger partial charge < -0.3 is 10.2 Å². The van der Waals surface area contributed by atoms with Gasteiger partial charge in [-0.3, -0.25) is 0 Å². The smallest absolute Gasteiger partial charge is 0.129 e. The summed E-state index contributed by atoms with van der Waals surface area (Å²) in [6, 6.07) is 6.93. The quantitative estimate of drug-likeness (QED) is 0.933. The summed E-state index contributed by atoms with van der Waals surface area (Å²) in [6.45, 7) is 2.77. The normalized spacial score (nSPS) is 17.9. The molecule has 4 rings (SSSR count). The van der Waals surface area contributed by atoms with Crippen LogP contribution in [0.4, 0.5) is 5.82 Å². The molecule has 1 fully saturated rings. The van der Waals surface area contributed by atoms with Crippen molar-refractivity contribution in [2.24, 2.45) is 0 Å². The molecule has 0 unspecified atom stereocenters. The summed E-state index contributed by atoms with van der Waals surface area (Å²) in [6.07, 6.45) is 3.68. The number of hydrogen-bond acceptors (Lipinski definition) is 4. The van der Waals surface area contributed by atoms with Crippen LogP contribution in [0.1, 0.15) is 29.0 Å². The molecule has 0 atom stereocenters. The Bertz CT molecular complexity index is 651. The summed E-state index contributed by atoms with van der Waals surface area (Å²) in [5, 5.41) is 6.44. The molecule has 2 aliphatic rings. The number of pyridine rings is 1. The minimum Gasteiger partial charge on any atom is -0.352 e. The molecule has 3 heterocycles. The molecule has 110 valence electrons. The van der Waals surface area contributed by atoms with Gasteiger partial charge in [-0.1, -0.05) is 11.6 Å². The minimum absolute atomic E-state index is 0.676. The highest BCUT2D eigenvalue weighted by Crippen LogP contribution is 2.28. The Morgan fingerprint density at radius 3 is 3.10 bits per heavy atom. The van der Waals surface area contributed by atoms with E-state index in [1.807, 2.05) is 23.5 Å². The summed E-state index contributed by atoms with van der Waals surface area (Å²) in [5.74, 6) is 1.05. The van der Waals surface area contributed by atoms with Crippen LogP contribution in [0, 0.1) is 0 Å². The average molecular weight is 320 g/mol. The molecule has 1 aliphatic carbocycles. The lowest BCUT2D eigenvalue weighted by atomic mass is 10.1. The van der Waals surface area contributed by atoms with Gasteiger partial charge >= 0.3 is 0 Å². The number of fused-ring (bicyclic) bond motifs is 1. The Kier molecular flexibility index (Phi) is 3.61. The zero-order valence-corrected chi connectivity index (χ0v) is 13.4. The van der Waals surface area contributed by atoms with Gasteiger partial charge in [0.25, 0.3) is 0 Å². The van der Waals surface area contributed by atoms with Gasteiger partial charge in [0, 0.05) is 30.6 Å². The van der Waals surface area contributed by atoms with E-state index in [0.29, 0.717) is 6.04 Å². The minimum atomic E-state index is 0.676. The van der Waals surface area contributed by atoms with Crippen LogP contribution in [0.2, 0.25) is 5.02 Å². The van der Waals surface area contributed by atoms with Gasteiger partial charge in [-0.15, -0.1) is 11.3 Å². The van der Waals surface area contributed by atoms with E-state index in [-0.39, 0.29) is 0 Å². The lowest BCUT2D eigenvalue weighted by molar-refractivity contribution is 0.669. The molecule has 0 saturated heterocycles. The number of aromatic nitrogens is 1. The van der Waals surface area contributed by atoms with Crippen molar-refractivity contribution >= 4 is 28.8 Å². The van der Waals surface area contributed by atoms with E-state index >= 15 is 0 Å². The maximum atomic E-state index is 6.28. The molecule has 0 spiro atoms. The number of halogens is 1. The molecule has 2 aromatic rings. The molecular formula is C16H18ClN3S. The van der Waals surface area contributed by atoms with Gasteiger partial charge in [-0.05, 0) is 48.4 Å². The van der Waals surface area contributed by atoms with E-state index in [2.05, 4.69) is 21.7 Å². The summed E-state index contributed by atoms with van der Waals surface area (Å²) in [5.41, 5.74) is 2.41. The van der Waals surface area contributed by atoms with E-state index in [1.54, 1.807) is 0 Å². The zero-order valence-electron chi connectivity index (χ0n) is 11.8. The molecular weight excluding hydrogens is 302 g/mol. The molecule has 21 heavy (non-hydrogen) atoms. The Labute approximate surface area is 134 Å². The van der Waals surface area contributed by atoms with Crippen molar-refractivity contribution in [1.29, 1.82) is 0 Å². The van der Waals surface area contributed by atoms with Crippen molar-refractivity contribution in [3.63, 3.8) is 0 Å². The first kappa shape index (κ1) is 13.6. The van der Waals surface area contributed by atoms with Crippen molar-refractivity contribution in [2.75, 3.05) is 11.4 Å². The second kappa shape index (κ2) is 5.59. The molecule has 3 nitrogen and oxygen atoms in total. The Hall–Kier alpha value is -1.10. The third-order valence-corrected chi connectivity index (χ3v) is 5.54. The van der Waals surface area contributed by atoms with Crippen molar-refractivity contribution < 1.29 is 0 Å². The molecule has 1 N–H and O–H groups in total. The van der Waals surface area contributed by atoms with Crippen LogP contribution in [0.5, 0.6) is 0 Å². The van der Waals surface area contributed by atoms with Gasteiger partial charge in [-0.25, -0.2) is 4.98 Å². The van der Waals surface area contributed by atoms with Crippen LogP contribution >= 0.6 is 22.9 Å². The van der Waals surface area contributed by atoms with E-state index in [1.165, 1.54) is 23.3 Å². The highest BCUT2D eigenvalue weighted by Gasteiger charge is 2.22. The molecule has 1 saturated carbocycles. The largest absolute Gasteiger partial charge is 0.352 e. The summed E-state index contributed by atoms with van der Waals surface area (Å²) < 4.78 is 0. The number of nitrogens with one attached hydrogen (secondary N) is 1. The molecule has 0 amide bonds. The zero-order chi connectivity index (χ0) is 14.2. The second-order valence-electron chi connectivity index (χ2n) is 5.79. The standard InChI is InChI=1S/C16H18ClN3S/c17-13-3-4-16(19-14(13)9-18-12-1-2-12)20-7-5-15-11(10-20)6-8-21-15/h3-4,6,8,12,18H,1-2,5,7,9-10H2. The Balaban J connectivity index is 1.53. The van der Waals surface area contributed by atoms with Crippen LogP contribution in [-0.4, -0.2) is 17.6 Å². The first-order chi connectivity index (χ1) is 10.3. The average Bonchev–Trinajstić information content (AvgIpc) is 3.21. The molecule has 2 aromatic heterocycles. The lowest BCUT2D eigenvalue weighted by Crippen LogP contribution is -2.30. The maximum Gasteiger partial charge on any atom is 0.129 e. The van der Waals surface area contributed by atoms with E-state index in [9.17, 15) is 0 Å². The Morgan fingerprint density at radius 2 is 2.24 bits per heavy atom. The third-order valence-electron chi connectivity index (χ3n) is 4.17. The van der Waals surface area contributed by atoms with E-state index in [0.717, 1.165) is 42.6 Å². The fourth-order valence-electron chi connectivity index (χ4n) is 2.75. The van der Waals surface area contributed by atoms with Crippen LogP contribution in [0.3, 0.4) is 0 Å². The highest BCUT2D eigenvalue weighted by molar-refractivity contribution is 7.10. The topological polar surface area (TPSA) is 28.2 Å². The summed E-state index contributed by atoms with van der Waals surface area (Å²) >= 11 is 8.15. The molecule has 0 radical (unpaired) electrons. The van der Waals surface area contributed by atoms with Crippen LogP contribution in [-0.2, 0) is 19.5 Å². The lowest BCUT2D eigenvalue weighted by Gasteiger charge is -2.28. The number of rotatable bonds is 4. The highest BCUT2D eigenvalue weighted by atomic mass is 35.5. The predicted molar refractivity (Wildman–Crippen MR) is 88.2 cm³/mol. The second-order valence-corrected chi connectivity index (χ2v) is 7.20. The molecule has 0 bridgehead atoms. The SMILES string of the molecule is Clc1ccc(N2CCc3sccc3C2)nc1CNC1CC1. The van der Waals surface area contributed by atoms with Gasteiger partial charge in [0.05, 0.1) is 10.7 Å². The van der Waals surface area contributed by atoms with Crippen LogP contribution in [0.25, 0.3) is 0 Å². The molecule has 5 heteroatoms. The number of anilines is 1. The van der Waals surface area contributed by atoms with Gasteiger partial charge in [0.15, 0.2) is 0 Å². The van der Waals surface area contributed by atoms with Crippen LogP contribution < -0.4 is 10.2 Å². The van der Waals surface area contributed by atoms with Crippen molar-refractivity contribution in [3.8, 4) is 0 Å².